The molecule has 4 heteroatoms. The lowest BCUT2D eigenvalue weighted by molar-refractivity contribution is -0.847. The van der Waals surface area contributed by atoms with Crippen LogP contribution in [0.5, 0.6) is 0 Å². The largest absolute Gasteiger partial charge is 0.293 e. The summed E-state index contributed by atoms with van der Waals surface area (Å²) in [5, 5.41) is 6.72. The third kappa shape index (κ3) is 0.894. The van der Waals surface area contributed by atoms with Crippen molar-refractivity contribution in [2.24, 2.45) is 10.3 Å². The number of hydrogen-bond donors (Lipinski definition) is 0. The van der Waals surface area contributed by atoms with Crippen LogP contribution < -0.4 is 0 Å². The monoisotopic (exact) mass is 116 g/mol. The zero-order valence-electron chi connectivity index (χ0n) is 4.80. The lowest BCUT2D eigenvalue weighted by Gasteiger charge is -2.07. The lowest BCUT2D eigenvalue weighted by Crippen LogP contribution is -2.22. The summed E-state index contributed by atoms with van der Waals surface area (Å²) in [6.45, 7) is 0. The zero-order chi connectivity index (χ0) is 6.20. The van der Waals surface area contributed by atoms with E-state index in [1.807, 2.05) is 0 Å². The van der Waals surface area contributed by atoms with Gasteiger partial charge >= 0.3 is 0 Å². The van der Waals surface area contributed by atoms with Crippen molar-refractivity contribution in [2.75, 3.05) is 14.1 Å². The van der Waals surface area contributed by atoms with Crippen molar-refractivity contribution in [1.29, 1.82) is 0 Å². The van der Waals surface area contributed by atoms with Crippen LogP contribution in [0.15, 0.2) is 22.5 Å². The van der Waals surface area contributed by atoms with Gasteiger partial charge in [-0.05, 0) is 0 Å². The van der Waals surface area contributed by atoms with Crippen molar-refractivity contribution in [2.45, 2.75) is 0 Å². The van der Waals surface area contributed by atoms with Crippen molar-refractivity contribution in [1.82, 2.24) is 0 Å². The predicted molar refractivity (Wildman–Crippen MR) is 26.2 cm³/mol. The molecule has 0 unspecified atom stereocenters. The molecule has 1 rings (SSSR count). The summed E-state index contributed by atoms with van der Waals surface area (Å²) >= 11 is 0. The quantitative estimate of drug-likeness (QED) is 0.335. The van der Waals surface area contributed by atoms with E-state index < -0.39 is 5.95 Å². The average molecular weight is 116 g/mol. The van der Waals surface area contributed by atoms with Gasteiger partial charge in [-0.1, -0.05) is 5.11 Å². The maximum atomic E-state index is 12.0. The molecular weight excluding hydrogens is 109 g/mol. The van der Waals surface area contributed by atoms with Crippen molar-refractivity contribution in [3.05, 3.63) is 12.2 Å². The molecule has 0 aromatic carbocycles. The number of hydrogen-bond acceptors (Lipinski definition) is 2. The molecule has 0 bridgehead atoms. The highest BCUT2D eigenvalue weighted by Gasteiger charge is 2.19. The Bertz CT molecular complexity index is 159. The highest BCUT2D eigenvalue weighted by atomic mass is 19.1. The van der Waals surface area contributed by atoms with Gasteiger partial charge < -0.3 is 0 Å². The van der Waals surface area contributed by atoms with Crippen LogP contribution in [0.2, 0.25) is 0 Å². The molecule has 3 nitrogen and oxygen atoms in total. The Labute approximate surface area is 46.7 Å². The van der Waals surface area contributed by atoms with E-state index in [0.29, 0.717) is 0 Å². The van der Waals surface area contributed by atoms with Crippen LogP contribution in [0.4, 0.5) is 4.39 Å². The summed E-state index contributed by atoms with van der Waals surface area (Å²) < 4.78 is 12.2. The molecule has 0 aromatic rings. The maximum Gasteiger partial charge on any atom is 0.293 e. The minimum atomic E-state index is -0.505. The van der Waals surface area contributed by atoms with Gasteiger partial charge in [-0.15, -0.1) is 0 Å². The molecule has 0 aliphatic carbocycles. The van der Waals surface area contributed by atoms with Gasteiger partial charge in [0.05, 0.1) is 14.1 Å². The van der Waals surface area contributed by atoms with Crippen LogP contribution in [0.1, 0.15) is 0 Å². The Kier molecular flexibility index (Phi) is 0.907. The van der Waals surface area contributed by atoms with Crippen LogP contribution in [0.25, 0.3) is 0 Å². The van der Waals surface area contributed by atoms with Crippen LogP contribution >= 0.6 is 0 Å². The van der Waals surface area contributed by atoms with Gasteiger partial charge in [-0.3, -0.25) is 0 Å². The number of halogens is 1. The average Bonchev–Trinajstić information content (AvgIpc) is 1.82. The van der Waals surface area contributed by atoms with Crippen LogP contribution in [-0.4, -0.2) is 18.7 Å². The molecule has 0 N–H and O–H groups in total. The summed E-state index contributed by atoms with van der Waals surface area (Å²) in [6.07, 6.45) is 1.32. The van der Waals surface area contributed by atoms with Crippen molar-refractivity contribution >= 4 is 0 Å². The molecule has 1 heterocycles. The summed E-state index contributed by atoms with van der Waals surface area (Å²) in [6, 6.07) is 0. The first-order valence-corrected chi connectivity index (χ1v) is 2.25. The second-order valence-electron chi connectivity index (χ2n) is 2.12. The molecule has 1 aliphatic heterocycles. The normalized spacial score (nSPS) is 23.6. The molecule has 0 atom stereocenters. The zero-order valence-corrected chi connectivity index (χ0v) is 4.80. The van der Waals surface area contributed by atoms with Crippen molar-refractivity contribution in [3.63, 3.8) is 0 Å². The second kappa shape index (κ2) is 1.35. The Morgan fingerprint density at radius 3 is 2.38 bits per heavy atom. The number of rotatable bonds is 0. The highest BCUT2D eigenvalue weighted by Crippen LogP contribution is 2.15. The first kappa shape index (κ1) is 5.37. The van der Waals surface area contributed by atoms with Gasteiger partial charge in [0.15, 0.2) is 6.20 Å². The molecule has 0 amide bonds. The Hall–Kier alpha value is -0.770. The molecule has 0 fully saturated rings. The van der Waals surface area contributed by atoms with E-state index >= 15 is 0 Å². The highest BCUT2D eigenvalue weighted by molar-refractivity contribution is 4.82. The summed E-state index contributed by atoms with van der Waals surface area (Å²) in [5.41, 5.74) is 0. The van der Waals surface area contributed by atoms with Crippen LogP contribution in [0.3, 0.4) is 0 Å². The Morgan fingerprint density at radius 1 is 1.62 bits per heavy atom. The molecular formula is C4H7FN3+. The number of nitrogens with zero attached hydrogens (tertiary/aromatic N) is 3. The standard InChI is InChI=1S/C4H7FN3/c1-8(2)3-4(5)6-7-8/h3H,1-2H3/q+1. The number of quaternary nitrogens is 1. The first-order valence-electron chi connectivity index (χ1n) is 2.25. The van der Waals surface area contributed by atoms with Gasteiger partial charge in [-0.2, -0.15) is 8.98 Å². The van der Waals surface area contributed by atoms with Gasteiger partial charge in [0.2, 0.25) is 0 Å². The molecule has 0 aromatic heterocycles. The molecule has 0 radical (unpaired) electrons. The van der Waals surface area contributed by atoms with E-state index in [1.165, 1.54) is 6.20 Å². The lowest BCUT2D eigenvalue weighted by atomic mass is 10.7. The Balaban J connectivity index is 2.84. The molecule has 0 saturated carbocycles. The van der Waals surface area contributed by atoms with E-state index in [4.69, 9.17) is 0 Å². The summed E-state index contributed by atoms with van der Waals surface area (Å²) in [5.74, 6) is -0.505. The minimum Gasteiger partial charge on any atom is -0.177 e. The topological polar surface area (TPSA) is 24.7 Å². The van der Waals surface area contributed by atoms with E-state index in [2.05, 4.69) is 10.3 Å². The van der Waals surface area contributed by atoms with E-state index in [1.54, 1.807) is 14.1 Å². The fourth-order valence-corrected chi connectivity index (χ4v) is 0.470. The van der Waals surface area contributed by atoms with Gasteiger partial charge in [0.1, 0.15) is 0 Å². The molecule has 1 aliphatic rings. The third-order valence-corrected chi connectivity index (χ3v) is 0.793. The third-order valence-electron chi connectivity index (χ3n) is 0.793. The first-order chi connectivity index (χ1) is 3.60. The minimum absolute atomic E-state index is 0.159. The molecule has 44 valence electrons. The van der Waals surface area contributed by atoms with E-state index in [-0.39, 0.29) is 4.59 Å². The molecule has 0 spiro atoms. The fourth-order valence-electron chi connectivity index (χ4n) is 0.470. The van der Waals surface area contributed by atoms with Crippen LogP contribution in [0, 0.1) is 0 Å². The van der Waals surface area contributed by atoms with E-state index in [0.717, 1.165) is 0 Å². The molecule has 8 heavy (non-hydrogen) atoms. The summed E-state index contributed by atoms with van der Waals surface area (Å²) in [7, 11) is 3.46. The van der Waals surface area contributed by atoms with Crippen LogP contribution in [-0.2, 0) is 0 Å². The van der Waals surface area contributed by atoms with Gasteiger partial charge in [0, 0.05) is 5.22 Å². The van der Waals surface area contributed by atoms with E-state index in [9.17, 15) is 4.39 Å². The maximum absolute atomic E-state index is 12.0. The van der Waals surface area contributed by atoms with Gasteiger partial charge in [0.25, 0.3) is 5.95 Å². The second-order valence-corrected chi connectivity index (χ2v) is 2.12. The molecule has 0 saturated heterocycles. The predicted octanol–water partition coefficient (Wildman–Crippen LogP) is 1.21. The fraction of sp³-hybridized carbons (Fsp3) is 0.500. The van der Waals surface area contributed by atoms with Gasteiger partial charge in [-0.25, -0.2) is 0 Å². The summed E-state index contributed by atoms with van der Waals surface area (Å²) in [4.78, 5) is 0. The van der Waals surface area contributed by atoms with Crippen molar-refractivity contribution < 1.29 is 8.98 Å². The smallest absolute Gasteiger partial charge is 0.177 e. The SMILES string of the molecule is C[N+]1(C)C=C(F)N=N1. The Morgan fingerprint density at radius 2 is 2.25 bits per heavy atom. The van der Waals surface area contributed by atoms with Crippen molar-refractivity contribution in [3.8, 4) is 0 Å².